The number of rotatable bonds is 5. The zero-order valence-electron chi connectivity index (χ0n) is 22.0. The minimum absolute atomic E-state index is 0.00150. The molecule has 196 valence electrons. The summed E-state index contributed by atoms with van der Waals surface area (Å²) in [5.41, 5.74) is 1.99. The summed E-state index contributed by atoms with van der Waals surface area (Å²) in [5, 5.41) is -0.609. The number of carbonyl (C=O) groups is 2. The van der Waals surface area contributed by atoms with E-state index in [9.17, 15) is 18.0 Å². The molecule has 0 spiro atoms. The third kappa shape index (κ3) is 4.17. The van der Waals surface area contributed by atoms with Crippen molar-refractivity contribution >= 4 is 21.6 Å². The highest BCUT2D eigenvalue weighted by Gasteiger charge is 2.64. The highest BCUT2D eigenvalue weighted by atomic mass is 32.2. The van der Waals surface area contributed by atoms with Crippen molar-refractivity contribution in [1.29, 1.82) is 0 Å². The Morgan fingerprint density at radius 3 is 2.42 bits per heavy atom. The minimum atomic E-state index is -3.48. The van der Waals surface area contributed by atoms with Gasteiger partial charge in [-0.15, -0.1) is 0 Å². The second kappa shape index (κ2) is 9.11. The largest absolute Gasteiger partial charge is 0.462 e. The fourth-order valence-corrected chi connectivity index (χ4v) is 11.2. The van der Waals surface area contributed by atoms with Gasteiger partial charge in [0.05, 0.1) is 11.0 Å². The van der Waals surface area contributed by atoms with Crippen LogP contribution < -0.4 is 0 Å². The number of hydrogen-bond acceptors (Lipinski definition) is 5. The quantitative estimate of drug-likeness (QED) is 0.375. The van der Waals surface area contributed by atoms with Crippen LogP contribution in [0.2, 0.25) is 0 Å². The fraction of sp³-hybridized carbons (Fsp3) is 0.667. The van der Waals surface area contributed by atoms with E-state index in [2.05, 4.69) is 19.9 Å². The lowest BCUT2D eigenvalue weighted by Crippen LogP contribution is -2.51. The third-order valence-corrected chi connectivity index (χ3v) is 12.6. The van der Waals surface area contributed by atoms with Crippen LogP contribution in [0, 0.1) is 34.5 Å². The summed E-state index contributed by atoms with van der Waals surface area (Å²) in [7, 11) is -3.48. The number of allylic oxidation sites excluding steroid dienone is 1. The van der Waals surface area contributed by atoms with Crippen LogP contribution in [0.3, 0.4) is 0 Å². The first-order chi connectivity index (χ1) is 17.0. The first-order valence-electron chi connectivity index (χ1n) is 13.6. The monoisotopic (exact) mass is 512 g/mol. The van der Waals surface area contributed by atoms with Gasteiger partial charge >= 0.3 is 5.97 Å². The van der Waals surface area contributed by atoms with Crippen molar-refractivity contribution < 1.29 is 22.7 Å². The van der Waals surface area contributed by atoms with Gasteiger partial charge in [0, 0.05) is 19.3 Å². The highest BCUT2D eigenvalue weighted by molar-refractivity contribution is 7.91. The smallest absolute Gasteiger partial charge is 0.302 e. The van der Waals surface area contributed by atoms with Gasteiger partial charge in [0.1, 0.15) is 11.9 Å². The molecule has 3 fully saturated rings. The zero-order chi connectivity index (χ0) is 25.9. The lowest BCUT2D eigenvalue weighted by atomic mass is 9.47. The van der Waals surface area contributed by atoms with Gasteiger partial charge in [0.15, 0.2) is 9.84 Å². The molecule has 5 rings (SSSR count). The number of hydrogen-bond donors (Lipinski definition) is 0. The van der Waals surface area contributed by atoms with Crippen molar-refractivity contribution in [3.05, 3.63) is 47.5 Å². The number of ketones is 1. The normalized spacial score (nSPS) is 39.8. The minimum Gasteiger partial charge on any atom is -0.462 e. The molecule has 1 aromatic carbocycles. The van der Waals surface area contributed by atoms with Crippen LogP contribution in [0.15, 0.2) is 42.0 Å². The number of benzene rings is 1. The summed E-state index contributed by atoms with van der Waals surface area (Å²) < 4.78 is 33.1. The first-order valence-corrected chi connectivity index (χ1v) is 15.3. The number of fused-ring (bicyclic) bond motifs is 5. The van der Waals surface area contributed by atoms with Gasteiger partial charge < -0.3 is 4.74 Å². The molecule has 4 aliphatic rings. The molecule has 0 unspecified atom stereocenters. The molecule has 0 aliphatic heterocycles. The fourth-order valence-electron chi connectivity index (χ4n) is 8.95. The van der Waals surface area contributed by atoms with Gasteiger partial charge in [0.2, 0.25) is 0 Å². The molecular weight excluding hydrogens is 472 g/mol. The lowest BCUT2D eigenvalue weighted by Gasteiger charge is -2.57. The summed E-state index contributed by atoms with van der Waals surface area (Å²) in [6, 6.07) is 9.36. The Bertz CT molecular complexity index is 1170. The number of Topliss-reactive ketones (excluding diaryl/α,β-unsaturated/α-hetero) is 1. The standard InChI is InChI=1S/C30H40O5S/c1-19(31)28-27(36(33,34)18-21-8-6-5-7-9-21)17-26-24-11-10-22-16-23(35-20(2)32)12-14-29(22,3)25(24)13-15-30(26,28)4/h5-10,23-28H,11-18H2,1-4H3/t23-,24+,25-,26-,27+,28-,29-,30-/m0/s1. The van der Waals surface area contributed by atoms with Crippen molar-refractivity contribution in [2.45, 2.75) is 89.7 Å². The van der Waals surface area contributed by atoms with Crippen molar-refractivity contribution in [3.8, 4) is 0 Å². The Morgan fingerprint density at radius 1 is 1.03 bits per heavy atom. The summed E-state index contributed by atoms with van der Waals surface area (Å²) in [5.74, 6) is 0.476. The Morgan fingerprint density at radius 2 is 1.75 bits per heavy atom. The van der Waals surface area contributed by atoms with Gasteiger partial charge in [-0.05, 0) is 79.6 Å². The molecule has 3 saturated carbocycles. The maximum Gasteiger partial charge on any atom is 0.302 e. The first kappa shape index (κ1) is 25.7. The summed E-state index contributed by atoms with van der Waals surface area (Å²) in [6.45, 7) is 7.67. The molecule has 8 atom stereocenters. The van der Waals surface area contributed by atoms with E-state index in [-0.39, 0.29) is 40.4 Å². The molecule has 1 aromatic rings. The van der Waals surface area contributed by atoms with Crippen LogP contribution >= 0.6 is 0 Å². The van der Waals surface area contributed by atoms with Crippen LogP contribution in [-0.2, 0) is 29.9 Å². The maximum atomic E-state index is 13.8. The van der Waals surface area contributed by atoms with Gasteiger partial charge in [-0.3, -0.25) is 9.59 Å². The second-order valence-corrected chi connectivity index (χ2v) is 14.7. The van der Waals surface area contributed by atoms with Gasteiger partial charge in [-0.25, -0.2) is 8.42 Å². The second-order valence-electron chi connectivity index (χ2n) is 12.4. The average Bonchev–Trinajstić information content (AvgIpc) is 3.14. The molecule has 0 aromatic heterocycles. The SMILES string of the molecule is CC(=O)O[C@H]1CC[C@@]2(C)C(=CC[C@H]3[C@@H]4C[C@@H](S(=O)(=O)Cc5ccccc5)[C@H](C(C)=O)[C@@]4(C)CC[C@@H]32)C1. The summed E-state index contributed by atoms with van der Waals surface area (Å²) in [6.07, 6.45) is 8.47. The molecule has 0 radical (unpaired) electrons. The van der Waals surface area contributed by atoms with E-state index in [0.717, 1.165) is 44.1 Å². The summed E-state index contributed by atoms with van der Waals surface area (Å²) >= 11 is 0. The predicted octanol–water partition coefficient (Wildman–Crippen LogP) is 5.68. The van der Waals surface area contributed by atoms with E-state index in [1.165, 1.54) is 12.5 Å². The number of sulfone groups is 1. The van der Waals surface area contributed by atoms with Crippen LogP contribution in [0.5, 0.6) is 0 Å². The summed E-state index contributed by atoms with van der Waals surface area (Å²) in [4.78, 5) is 24.6. The average molecular weight is 513 g/mol. The van der Waals surface area contributed by atoms with Crippen LogP contribution in [0.25, 0.3) is 0 Å². The number of carbonyl (C=O) groups excluding carboxylic acids is 2. The van der Waals surface area contributed by atoms with Crippen molar-refractivity contribution in [3.63, 3.8) is 0 Å². The highest BCUT2D eigenvalue weighted by Crippen LogP contribution is 2.67. The van der Waals surface area contributed by atoms with Gasteiger partial charge in [0.25, 0.3) is 0 Å². The molecule has 0 saturated heterocycles. The van der Waals surface area contributed by atoms with E-state index in [1.807, 2.05) is 30.3 Å². The van der Waals surface area contributed by atoms with E-state index in [1.54, 1.807) is 6.92 Å². The Balaban J connectivity index is 1.45. The van der Waals surface area contributed by atoms with Crippen molar-refractivity contribution in [2.75, 3.05) is 0 Å². The lowest BCUT2D eigenvalue weighted by molar-refractivity contribution is -0.149. The van der Waals surface area contributed by atoms with Gasteiger partial charge in [-0.2, -0.15) is 0 Å². The number of ether oxygens (including phenoxy) is 1. The Kier molecular flexibility index (Phi) is 6.50. The van der Waals surface area contributed by atoms with Crippen LogP contribution in [0.4, 0.5) is 0 Å². The zero-order valence-corrected chi connectivity index (χ0v) is 22.9. The molecule has 0 bridgehead atoms. The van der Waals surface area contributed by atoms with E-state index >= 15 is 0 Å². The van der Waals surface area contributed by atoms with Crippen LogP contribution in [-0.4, -0.2) is 31.5 Å². The Hall–Kier alpha value is -1.95. The van der Waals surface area contributed by atoms with E-state index in [4.69, 9.17) is 4.74 Å². The topological polar surface area (TPSA) is 77.5 Å². The molecule has 5 nitrogen and oxygen atoms in total. The number of esters is 1. The maximum absolute atomic E-state index is 13.8. The van der Waals surface area contributed by atoms with E-state index in [0.29, 0.717) is 18.3 Å². The molecule has 0 N–H and O–H groups in total. The third-order valence-electron chi connectivity index (χ3n) is 10.5. The molecule has 36 heavy (non-hydrogen) atoms. The van der Waals surface area contributed by atoms with Crippen molar-refractivity contribution in [1.82, 2.24) is 0 Å². The molecule has 0 heterocycles. The van der Waals surface area contributed by atoms with Gasteiger partial charge in [-0.1, -0.05) is 55.8 Å². The molecular formula is C30H40O5S. The molecule has 6 heteroatoms. The van der Waals surface area contributed by atoms with Crippen LogP contribution in [0.1, 0.15) is 78.2 Å². The Labute approximate surface area is 216 Å². The van der Waals surface area contributed by atoms with Crippen molar-refractivity contribution in [2.24, 2.45) is 34.5 Å². The molecule has 4 aliphatic carbocycles. The predicted molar refractivity (Wildman–Crippen MR) is 140 cm³/mol. The molecule has 0 amide bonds. The van der Waals surface area contributed by atoms with E-state index < -0.39 is 21.0 Å².